The molecule has 0 radical (unpaired) electrons. The van der Waals surface area contributed by atoms with Crippen LogP contribution < -0.4 is 5.32 Å². The van der Waals surface area contributed by atoms with Crippen LogP contribution in [0.2, 0.25) is 0 Å². The molecule has 0 amide bonds. The Balaban J connectivity index is 2.16. The molecule has 56 valence electrons. The maximum Gasteiger partial charge on any atom is 0.308 e. The molecule has 10 heavy (non-hydrogen) atoms. The Hall–Kier alpha value is -0.570. The summed E-state index contributed by atoms with van der Waals surface area (Å²) in [6.45, 7) is 0.918. The minimum atomic E-state index is -0.613. The highest BCUT2D eigenvalue weighted by Crippen LogP contribution is 2.36. The van der Waals surface area contributed by atoms with Gasteiger partial charge in [-0.2, -0.15) is 0 Å². The molecule has 2 rings (SSSR count). The summed E-state index contributed by atoms with van der Waals surface area (Å²) in [7, 11) is 0. The minimum Gasteiger partial charge on any atom is -0.481 e. The number of rotatable bonds is 1. The summed E-state index contributed by atoms with van der Waals surface area (Å²) >= 11 is 0. The summed E-state index contributed by atoms with van der Waals surface area (Å²) in [6.07, 6.45) is 2.16. The summed E-state index contributed by atoms with van der Waals surface area (Å²) in [5.74, 6) is -0.278. The first-order chi connectivity index (χ1) is 4.79. The van der Waals surface area contributed by atoms with E-state index in [1.165, 1.54) is 0 Å². The third-order valence-corrected chi connectivity index (χ3v) is 2.72. The average Bonchev–Trinajstić information content (AvgIpc) is 2.43. The van der Waals surface area contributed by atoms with Crippen molar-refractivity contribution < 1.29 is 9.90 Å². The van der Waals surface area contributed by atoms with Crippen molar-refractivity contribution >= 4 is 5.97 Å². The zero-order valence-electron chi connectivity index (χ0n) is 5.71. The van der Waals surface area contributed by atoms with Crippen LogP contribution in [0.15, 0.2) is 0 Å². The Bertz CT molecular complexity index is 149. The normalized spacial score (nSPS) is 44.2. The number of carboxylic acids is 1. The van der Waals surface area contributed by atoms with E-state index >= 15 is 0 Å². The van der Waals surface area contributed by atoms with Crippen LogP contribution in [-0.2, 0) is 4.79 Å². The van der Waals surface area contributed by atoms with Gasteiger partial charge >= 0.3 is 5.97 Å². The first-order valence-corrected chi connectivity index (χ1v) is 3.75. The Morgan fingerprint density at radius 2 is 2.30 bits per heavy atom. The highest BCUT2D eigenvalue weighted by molar-refractivity contribution is 5.72. The van der Waals surface area contributed by atoms with Gasteiger partial charge in [-0.05, 0) is 25.3 Å². The van der Waals surface area contributed by atoms with Crippen LogP contribution >= 0.6 is 0 Å². The first kappa shape index (κ1) is 6.16. The lowest BCUT2D eigenvalue weighted by Gasteiger charge is -2.08. The lowest BCUT2D eigenvalue weighted by Crippen LogP contribution is -2.28. The van der Waals surface area contributed by atoms with Gasteiger partial charge in [0.2, 0.25) is 0 Å². The van der Waals surface area contributed by atoms with Crippen molar-refractivity contribution in [3.05, 3.63) is 0 Å². The summed E-state index contributed by atoms with van der Waals surface area (Å²) in [6, 6.07) is 0.280. The van der Waals surface area contributed by atoms with Crippen LogP contribution in [0.3, 0.4) is 0 Å². The third kappa shape index (κ3) is 0.669. The van der Waals surface area contributed by atoms with Gasteiger partial charge in [0.25, 0.3) is 0 Å². The van der Waals surface area contributed by atoms with E-state index in [-0.39, 0.29) is 12.0 Å². The van der Waals surface area contributed by atoms with Crippen LogP contribution in [0.4, 0.5) is 0 Å². The molecule has 1 saturated carbocycles. The topological polar surface area (TPSA) is 49.3 Å². The van der Waals surface area contributed by atoms with Crippen LogP contribution in [0.5, 0.6) is 0 Å². The molecule has 1 saturated heterocycles. The number of nitrogens with one attached hydrogen (secondary N) is 1. The van der Waals surface area contributed by atoms with Crippen molar-refractivity contribution in [2.75, 3.05) is 6.54 Å². The van der Waals surface area contributed by atoms with Gasteiger partial charge in [-0.15, -0.1) is 0 Å². The van der Waals surface area contributed by atoms with Crippen molar-refractivity contribution in [3.63, 3.8) is 0 Å². The van der Waals surface area contributed by atoms with Crippen molar-refractivity contribution in [2.24, 2.45) is 11.8 Å². The molecule has 0 aromatic heterocycles. The van der Waals surface area contributed by atoms with Gasteiger partial charge in [-0.1, -0.05) is 0 Å². The third-order valence-electron chi connectivity index (χ3n) is 2.72. The number of carboxylic acid groups (broad SMARTS) is 1. The summed E-state index contributed by atoms with van der Waals surface area (Å²) in [5, 5.41) is 12.0. The molecule has 2 fully saturated rings. The number of fused-ring (bicyclic) bond motifs is 2. The molecule has 3 nitrogen and oxygen atoms in total. The molecule has 0 aromatic rings. The van der Waals surface area contributed by atoms with E-state index in [0.29, 0.717) is 5.92 Å². The standard InChI is InChI=1S/C7H11NO2/c9-7(10)6-4-1-2-5(6)8-3-4/h4-6,8H,1-3H2,(H,9,10)/t4-,5+,6?/m1/s1. The lowest BCUT2D eigenvalue weighted by molar-refractivity contribution is -0.142. The van der Waals surface area contributed by atoms with E-state index in [1.54, 1.807) is 0 Å². The average molecular weight is 141 g/mol. The van der Waals surface area contributed by atoms with Crippen molar-refractivity contribution in [2.45, 2.75) is 18.9 Å². The molecule has 1 aliphatic carbocycles. The van der Waals surface area contributed by atoms with Crippen LogP contribution in [0.1, 0.15) is 12.8 Å². The molecule has 0 spiro atoms. The molecule has 3 atom stereocenters. The molecular weight excluding hydrogens is 130 g/mol. The van der Waals surface area contributed by atoms with Crippen molar-refractivity contribution in [3.8, 4) is 0 Å². The monoisotopic (exact) mass is 141 g/mol. The largest absolute Gasteiger partial charge is 0.481 e. The van der Waals surface area contributed by atoms with Gasteiger partial charge in [0.1, 0.15) is 0 Å². The SMILES string of the molecule is O=C(O)C1[C@@H]2CC[C@@H]1NC2. The van der Waals surface area contributed by atoms with E-state index in [0.717, 1.165) is 19.4 Å². The Labute approximate surface area is 59.4 Å². The predicted octanol–water partition coefficient (Wildman–Crippen LogP) is 0.0690. The first-order valence-electron chi connectivity index (χ1n) is 3.75. The van der Waals surface area contributed by atoms with E-state index in [4.69, 9.17) is 5.11 Å². The maximum atomic E-state index is 10.6. The molecule has 3 heteroatoms. The van der Waals surface area contributed by atoms with E-state index in [2.05, 4.69) is 5.32 Å². The molecular formula is C7H11NO2. The van der Waals surface area contributed by atoms with E-state index < -0.39 is 5.97 Å². The van der Waals surface area contributed by atoms with Crippen molar-refractivity contribution in [1.29, 1.82) is 0 Å². The number of piperidine rings is 1. The predicted molar refractivity (Wildman–Crippen MR) is 35.6 cm³/mol. The van der Waals surface area contributed by atoms with Crippen molar-refractivity contribution in [1.82, 2.24) is 5.32 Å². The summed E-state index contributed by atoms with van der Waals surface area (Å²) in [4.78, 5) is 10.6. The van der Waals surface area contributed by atoms with Crippen LogP contribution in [-0.4, -0.2) is 23.7 Å². The molecule has 2 N–H and O–H groups in total. The van der Waals surface area contributed by atoms with E-state index in [9.17, 15) is 4.79 Å². The summed E-state index contributed by atoms with van der Waals surface area (Å²) in [5.41, 5.74) is 0. The Morgan fingerprint density at radius 1 is 1.50 bits per heavy atom. The molecule has 1 aliphatic heterocycles. The zero-order valence-corrected chi connectivity index (χ0v) is 5.71. The number of aliphatic carboxylic acids is 1. The molecule has 1 heterocycles. The highest BCUT2D eigenvalue weighted by atomic mass is 16.4. The molecule has 2 aliphatic rings. The Morgan fingerprint density at radius 3 is 2.50 bits per heavy atom. The fraction of sp³-hybridized carbons (Fsp3) is 0.857. The minimum absolute atomic E-state index is 0.0833. The van der Waals surface area contributed by atoms with Gasteiger partial charge in [0, 0.05) is 6.04 Å². The molecule has 1 unspecified atom stereocenters. The smallest absolute Gasteiger partial charge is 0.308 e. The highest BCUT2D eigenvalue weighted by Gasteiger charge is 2.45. The molecule has 2 bridgehead atoms. The van der Waals surface area contributed by atoms with Crippen LogP contribution in [0.25, 0.3) is 0 Å². The zero-order chi connectivity index (χ0) is 7.14. The van der Waals surface area contributed by atoms with Gasteiger partial charge < -0.3 is 10.4 Å². The number of carbonyl (C=O) groups is 1. The quantitative estimate of drug-likeness (QED) is 0.543. The van der Waals surface area contributed by atoms with Gasteiger partial charge in [-0.3, -0.25) is 4.79 Å². The second-order valence-electron chi connectivity index (χ2n) is 3.22. The summed E-state index contributed by atoms with van der Waals surface area (Å²) < 4.78 is 0. The van der Waals surface area contributed by atoms with Gasteiger partial charge in [0.05, 0.1) is 5.92 Å². The molecule has 0 aromatic carbocycles. The van der Waals surface area contributed by atoms with Gasteiger partial charge in [-0.25, -0.2) is 0 Å². The second kappa shape index (κ2) is 1.95. The Kier molecular flexibility index (Phi) is 1.20. The lowest BCUT2D eigenvalue weighted by atomic mass is 9.99. The fourth-order valence-corrected chi connectivity index (χ4v) is 2.22. The maximum absolute atomic E-state index is 10.6. The van der Waals surface area contributed by atoms with E-state index in [1.807, 2.05) is 0 Å². The van der Waals surface area contributed by atoms with Gasteiger partial charge in [0.15, 0.2) is 0 Å². The second-order valence-corrected chi connectivity index (χ2v) is 3.22. The number of hydrogen-bond donors (Lipinski definition) is 2. The van der Waals surface area contributed by atoms with Crippen LogP contribution in [0, 0.1) is 11.8 Å². The number of hydrogen-bond acceptors (Lipinski definition) is 2. The fourth-order valence-electron chi connectivity index (χ4n) is 2.22.